The van der Waals surface area contributed by atoms with Gasteiger partial charge < -0.3 is 10.1 Å². The van der Waals surface area contributed by atoms with Crippen molar-refractivity contribution in [1.29, 1.82) is 0 Å². The van der Waals surface area contributed by atoms with E-state index < -0.39 is 0 Å². The normalized spacial score (nSPS) is 10.2. The fourth-order valence-electron chi connectivity index (χ4n) is 1.88. The molecule has 2 rings (SSSR count). The summed E-state index contributed by atoms with van der Waals surface area (Å²) in [6.07, 6.45) is 2.47. The molecule has 0 radical (unpaired) electrons. The van der Waals surface area contributed by atoms with Gasteiger partial charge in [-0.3, -0.25) is 9.78 Å². The molecule has 0 spiro atoms. The molecule has 0 saturated carbocycles. The molecular weight excluding hydrogens is 264 g/mol. The minimum absolute atomic E-state index is 0.0325. The van der Waals surface area contributed by atoms with E-state index in [1.54, 1.807) is 6.20 Å². The van der Waals surface area contributed by atoms with Crippen molar-refractivity contribution in [3.05, 3.63) is 59.4 Å². The summed E-state index contributed by atoms with van der Waals surface area (Å²) in [5.41, 5.74) is 3.33. The molecule has 0 bridgehead atoms. The Morgan fingerprint density at radius 3 is 2.76 bits per heavy atom. The standard InChI is InChI=1S/C17H20N2O2/c1-13-6-7-16(11-14(13)2)21-12-17(20)19-10-8-15-5-3-4-9-18-15/h3-7,9,11H,8,10,12H2,1-2H3,(H,19,20). The Bertz CT molecular complexity index is 597. The zero-order valence-electron chi connectivity index (χ0n) is 12.4. The van der Waals surface area contributed by atoms with E-state index in [0.29, 0.717) is 6.54 Å². The first-order valence-corrected chi connectivity index (χ1v) is 7.02. The number of nitrogens with zero attached hydrogens (tertiary/aromatic N) is 1. The van der Waals surface area contributed by atoms with Crippen LogP contribution in [0.5, 0.6) is 5.75 Å². The summed E-state index contributed by atoms with van der Waals surface area (Å²) < 4.78 is 5.48. The third-order valence-corrected chi connectivity index (χ3v) is 3.28. The average Bonchev–Trinajstić information content (AvgIpc) is 2.49. The summed E-state index contributed by atoms with van der Waals surface area (Å²) in [4.78, 5) is 15.9. The van der Waals surface area contributed by atoms with Crippen LogP contribution in [0.4, 0.5) is 0 Å². The highest BCUT2D eigenvalue weighted by atomic mass is 16.5. The Morgan fingerprint density at radius 2 is 2.05 bits per heavy atom. The van der Waals surface area contributed by atoms with Gasteiger partial charge in [-0.2, -0.15) is 0 Å². The zero-order valence-corrected chi connectivity index (χ0v) is 12.4. The highest BCUT2D eigenvalue weighted by Gasteiger charge is 2.03. The van der Waals surface area contributed by atoms with Gasteiger partial charge in [-0.1, -0.05) is 12.1 Å². The van der Waals surface area contributed by atoms with Crippen LogP contribution < -0.4 is 10.1 Å². The van der Waals surface area contributed by atoms with Gasteiger partial charge in [0.2, 0.25) is 0 Å². The van der Waals surface area contributed by atoms with Crippen molar-refractivity contribution >= 4 is 5.91 Å². The number of amides is 1. The number of carbonyl (C=O) groups is 1. The number of aryl methyl sites for hydroxylation is 2. The van der Waals surface area contributed by atoms with E-state index in [-0.39, 0.29) is 12.5 Å². The van der Waals surface area contributed by atoms with Gasteiger partial charge in [0.15, 0.2) is 6.61 Å². The van der Waals surface area contributed by atoms with Gasteiger partial charge in [0.25, 0.3) is 5.91 Å². The van der Waals surface area contributed by atoms with Crippen LogP contribution in [0.15, 0.2) is 42.6 Å². The van der Waals surface area contributed by atoms with Crippen molar-refractivity contribution in [2.45, 2.75) is 20.3 Å². The minimum atomic E-state index is -0.121. The van der Waals surface area contributed by atoms with Crippen molar-refractivity contribution in [3.63, 3.8) is 0 Å². The molecule has 0 fully saturated rings. The first-order chi connectivity index (χ1) is 10.1. The summed E-state index contributed by atoms with van der Waals surface area (Å²) in [5, 5.41) is 2.82. The van der Waals surface area contributed by atoms with E-state index >= 15 is 0 Å². The van der Waals surface area contributed by atoms with E-state index in [1.807, 2.05) is 50.2 Å². The SMILES string of the molecule is Cc1ccc(OCC(=O)NCCc2ccccn2)cc1C. The number of hydrogen-bond acceptors (Lipinski definition) is 3. The number of ether oxygens (including phenoxy) is 1. The molecule has 1 N–H and O–H groups in total. The van der Waals surface area contributed by atoms with Gasteiger partial charge in [-0.25, -0.2) is 0 Å². The molecule has 0 aliphatic rings. The van der Waals surface area contributed by atoms with Crippen molar-refractivity contribution in [3.8, 4) is 5.75 Å². The fourth-order valence-corrected chi connectivity index (χ4v) is 1.88. The lowest BCUT2D eigenvalue weighted by molar-refractivity contribution is -0.123. The molecule has 0 aliphatic carbocycles. The molecule has 0 unspecified atom stereocenters. The van der Waals surface area contributed by atoms with E-state index in [0.717, 1.165) is 23.4 Å². The van der Waals surface area contributed by atoms with Crippen LogP contribution >= 0.6 is 0 Å². The maximum absolute atomic E-state index is 11.7. The predicted octanol–water partition coefficient (Wildman–Crippen LogP) is 2.44. The van der Waals surface area contributed by atoms with Gasteiger partial charge in [-0.15, -0.1) is 0 Å². The monoisotopic (exact) mass is 284 g/mol. The molecular formula is C17H20N2O2. The summed E-state index contributed by atoms with van der Waals surface area (Å²) in [7, 11) is 0. The Labute approximate surface area is 125 Å². The van der Waals surface area contributed by atoms with Gasteiger partial charge in [0.1, 0.15) is 5.75 Å². The summed E-state index contributed by atoms with van der Waals surface area (Å²) >= 11 is 0. The number of nitrogens with one attached hydrogen (secondary N) is 1. The maximum atomic E-state index is 11.7. The summed E-state index contributed by atoms with van der Waals surface area (Å²) in [6, 6.07) is 11.6. The van der Waals surface area contributed by atoms with Crippen LogP contribution in [0, 0.1) is 13.8 Å². The second-order valence-corrected chi connectivity index (χ2v) is 4.96. The topological polar surface area (TPSA) is 51.2 Å². The number of pyridine rings is 1. The van der Waals surface area contributed by atoms with E-state index in [4.69, 9.17) is 4.74 Å². The molecule has 21 heavy (non-hydrogen) atoms. The number of carbonyl (C=O) groups excluding carboxylic acids is 1. The minimum Gasteiger partial charge on any atom is -0.484 e. The third-order valence-electron chi connectivity index (χ3n) is 3.28. The number of aromatic nitrogens is 1. The predicted molar refractivity (Wildman–Crippen MR) is 82.4 cm³/mol. The molecule has 4 heteroatoms. The van der Waals surface area contributed by atoms with Crippen LogP contribution in [0.1, 0.15) is 16.8 Å². The molecule has 0 atom stereocenters. The molecule has 2 aromatic rings. The number of benzene rings is 1. The van der Waals surface area contributed by atoms with Gasteiger partial charge in [0.05, 0.1) is 0 Å². The van der Waals surface area contributed by atoms with E-state index in [2.05, 4.69) is 10.3 Å². The smallest absolute Gasteiger partial charge is 0.257 e. The second-order valence-electron chi connectivity index (χ2n) is 4.96. The molecule has 0 aliphatic heterocycles. The van der Waals surface area contributed by atoms with Crippen molar-refractivity contribution < 1.29 is 9.53 Å². The third kappa shape index (κ3) is 4.91. The molecule has 110 valence electrons. The fraction of sp³-hybridized carbons (Fsp3) is 0.294. The summed E-state index contributed by atoms with van der Waals surface area (Å²) in [5.74, 6) is 0.599. The summed E-state index contributed by atoms with van der Waals surface area (Å²) in [6.45, 7) is 4.66. The van der Waals surface area contributed by atoms with Crippen LogP contribution in [-0.4, -0.2) is 24.0 Å². The Balaban J connectivity index is 1.71. The van der Waals surface area contributed by atoms with Gasteiger partial charge in [-0.05, 0) is 49.2 Å². The molecule has 1 aromatic heterocycles. The Kier molecular flexibility index (Phi) is 5.32. The number of hydrogen-bond donors (Lipinski definition) is 1. The highest BCUT2D eigenvalue weighted by Crippen LogP contribution is 2.16. The van der Waals surface area contributed by atoms with Gasteiger partial charge in [0, 0.05) is 24.9 Å². The number of rotatable bonds is 6. The molecule has 1 aromatic carbocycles. The lowest BCUT2D eigenvalue weighted by Crippen LogP contribution is -2.30. The van der Waals surface area contributed by atoms with Gasteiger partial charge >= 0.3 is 0 Å². The quantitative estimate of drug-likeness (QED) is 0.886. The Morgan fingerprint density at radius 1 is 1.19 bits per heavy atom. The largest absolute Gasteiger partial charge is 0.484 e. The van der Waals surface area contributed by atoms with Crippen LogP contribution in [-0.2, 0) is 11.2 Å². The molecule has 1 amide bonds. The zero-order chi connectivity index (χ0) is 15.1. The lowest BCUT2D eigenvalue weighted by atomic mass is 10.1. The van der Waals surface area contributed by atoms with Crippen LogP contribution in [0.25, 0.3) is 0 Å². The van der Waals surface area contributed by atoms with Crippen molar-refractivity contribution in [2.75, 3.05) is 13.2 Å². The maximum Gasteiger partial charge on any atom is 0.257 e. The van der Waals surface area contributed by atoms with Crippen molar-refractivity contribution in [2.24, 2.45) is 0 Å². The molecule has 0 saturated heterocycles. The van der Waals surface area contributed by atoms with Crippen LogP contribution in [0.3, 0.4) is 0 Å². The van der Waals surface area contributed by atoms with Crippen LogP contribution in [0.2, 0.25) is 0 Å². The molecule has 4 nitrogen and oxygen atoms in total. The average molecular weight is 284 g/mol. The first-order valence-electron chi connectivity index (χ1n) is 7.02. The van der Waals surface area contributed by atoms with Crippen molar-refractivity contribution in [1.82, 2.24) is 10.3 Å². The lowest BCUT2D eigenvalue weighted by Gasteiger charge is -2.09. The first kappa shape index (κ1) is 15.0. The molecule has 1 heterocycles. The Hall–Kier alpha value is -2.36. The second kappa shape index (κ2) is 7.43. The van der Waals surface area contributed by atoms with E-state index in [9.17, 15) is 4.79 Å². The van der Waals surface area contributed by atoms with E-state index in [1.165, 1.54) is 5.56 Å². The highest BCUT2D eigenvalue weighted by molar-refractivity contribution is 5.77.